The van der Waals surface area contributed by atoms with E-state index in [9.17, 15) is 35.6 Å². The summed E-state index contributed by atoms with van der Waals surface area (Å²) in [6.07, 6.45) is -3.97. The number of alkyl halides is 3. The first-order chi connectivity index (χ1) is 17.1. The van der Waals surface area contributed by atoms with Crippen LogP contribution in [0.5, 0.6) is 0 Å². The zero-order valence-electron chi connectivity index (χ0n) is 21.0. The zero-order valence-corrected chi connectivity index (χ0v) is 21.9. The van der Waals surface area contributed by atoms with Gasteiger partial charge in [-0.05, 0) is 63.1 Å². The maximum atomic E-state index is 13.3. The van der Waals surface area contributed by atoms with E-state index < -0.39 is 45.4 Å². The summed E-state index contributed by atoms with van der Waals surface area (Å²) in [5.41, 5.74) is -0.580. The van der Waals surface area contributed by atoms with Crippen LogP contribution in [0.4, 0.5) is 23.2 Å². The fraction of sp³-hybridized carbons (Fsp3) is 0.440. The van der Waals surface area contributed by atoms with Crippen LogP contribution in [-0.4, -0.2) is 50.0 Å². The average molecular weight is 546 g/mol. The summed E-state index contributed by atoms with van der Waals surface area (Å²) < 4.78 is 78.2. The first kappa shape index (κ1) is 30.1. The van der Waals surface area contributed by atoms with Crippen molar-refractivity contribution in [2.24, 2.45) is 0 Å². The van der Waals surface area contributed by atoms with Gasteiger partial charge in [0, 0.05) is 25.6 Å². The quantitative estimate of drug-likeness (QED) is 0.426. The summed E-state index contributed by atoms with van der Waals surface area (Å²) >= 11 is 0. The third kappa shape index (κ3) is 9.03. The summed E-state index contributed by atoms with van der Waals surface area (Å²) in [6, 6.07) is 8.32. The van der Waals surface area contributed by atoms with Gasteiger partial charge in [0.05, 0.1) is 17.5 Å². The number of halogens is 4. The molecule has 0 saturated heterocycles. The van der Waals surface area contributed by atoms with E-state index in [0.717, 1.165) is 28.8 Å². The molecule has 2 rings (SSSR count). The van der Waals surface area contributed by atoms with E-state index in [0.29, 0.717) is 5.56 Å². The van der Waals surface area contributed by atoms with E-state index in [2.05, 4.69) is 5.32 Å². The zero-order chi connectivity index (χ0) is 28.0. The Labute approximate surface area is 214 Å². The Bertz CT molecular complexity index is 1190. The molecule has 2 aromatic rings. The molecule has 204 valence electrons. The number of sulfonamides is 1. The molecule has 12 heteroatoms. The molecule has 0 aliphatic rings. The second kappa shape index (κ2) is 12.4. The van der Waals surface area contributed by atoms with Gasteiger partial charge in [-0.1, -0.05) is 18.2 Å². The summed E-state index contributed by atoms with van der Waals surface area (Å²) in [7, 11) is -3.95. The van der Waals surface area contributed by atoms with Crippen molar-refractivity contribution in [1.29, 1.82) is 0 Å². The molecule has 1 atom stereocenters. The standard InChI is InChI=1S/C25H31F4N3O4S/c1-17(2)30-24(34)18(3)31(16-19-10-12-21(26)13-11-19)23(33)9-6-14-32(37(4,35)36)22-8-5-7-20(15-22)25(27,28)29/h5,7-8,10-13,15,17-18H,6,9,14,16H2,1-4H3,(H,30,34)/t18-/m1/s1. The highest BCUT2D eigenvalue weighted by Gasteiger charge is 2.32. The maximum Gasteiger partial charge on any atom is 0.416 e. The number of hydrogen-bond donors (Lipinski definition) is 1. The summed E-state index contributed by atoms with van der Waals surface area (Å²) in [4.78, 5) is 27.1. The first-order valence-electron chi connectivity index (χ1n) is 11.6. The lowest BCUT2D eigenvalue weighted by molar-refractivity contribution is -0.140. The minimum atomic E-state index is -4.65. The van der Waals surface area contributed by atoms with Crippen molar-refractivity contribution in [1.82, 2.24) is 10.2 Å². The lowest BCUT2D eigenvalue weighted by Gasteiger charge is -2.30. The minimum absolute atomic E-state index is 0.00914. The maximum absolute atomic E-state index is 13.3. The van der Waals surface area contributed by atoms with Crippen molar-refractivity contribution in [2.75, 3.05) is 17.1 Å². The number of hydrogen-bond acceptors (Lipinski definition) is 4. The highest BCUT2D eigenvalue weighted by atomic mass is 32.2. The van der Waals surface area contributed by atoms with Crippen LogP contribution in [-0.2, 0) is 32.3 Å². The molecule has 2 amide bonds. The van der Waals surface area contributed by atoms with Crippen LogP contribution < -0.4 is 9.62 Å². The molecule has 7 nitrogen and oxygen atoms in total. The van der Waals surface area contributed by atoms with Gasteiger partial charge in [-0.2, -0.15) is 13.2 Å². The van der Waals surface area contributed by atoms with Gasteiger partial charge in [0.25, 0.3) is 0 Å². The molecule has 37 heavy (non-hydrogen) atoms. The molecule has 0 unspecified atom stereocenters. The molecular weight excluding hydrogens is 514 g/mol. The molecule has 0 radical (unpaired) electrons. The SMILES string of the molecule is CC(C)NC(=O)[C@@H](C)N(Cc1ccc(F)cc1)C(=O)CCCN(c1cccc(C(F)(F)F)c1)S(C)(=O)=O. The van der Waals surface area contributed by atoms with Gasteiger partial charge in [0.15, 0.2) is 0 Å². The fourth-order valence-electron chi connectivity index (χ4n) is 3.62. The van der Waals surface area contributed by atoms with Crippen LogP contribution in [0.25, 0.3) is 0 Å². The second-order valence-corrected chi connectivity index (χ2v) is 10.9. The Morgan fingerprint density at radius 1 is 1.03 bits per heavy atom. The Hall–Kier alpha value is -3.15. The number of nitrogens with one attached hydrogen (secondary N) is 1. The van der Waals surface area contributed by atoms with Crippen LogP contribution in [0.3, 0.4) is 0 Å². The van der Waals surface area contributed by atoms with Gasteiger partial charge in [-0.3, -0.25) is 13.9 Å². The normalized spacial score (nSPS) is 12.8. The fourth-order valence-corrected chi connectivity index (χ4v) is 4.57. The molecule has 2 aromatic carbocycles. The number of carbonyl (C=O) groups is 2. The van der Waals surface area contributed by atoms with Gasteiger partial charge in [0.1, 0.15) is 11.9 Å². The third-order valence-corrected chi connectivity index (χ3v) is 6.67. The van der Waals surface area contributed by atoms with Gasteiger partial charge >= 0.3 is 6.18 Å². The highest BCUT2D eigenvalue weighted by molar-refractivity contribution is 7.92. The van der Waals surface area contributed by atoms with Crippen molar-refractivity contribution >= 4 is 27.5 Å². The van der Waals surface area contributed by atoms with E-state index in [4.69, 9.17) is 0 Å². The van der Waals surface area contributed by atoms with Gasteiger partial charge < -0.3 is 10.2 Å². The van der Waals surface area contributed by atoms with Crippen LogP contribution in [0.2, 0.25) is 0 Å². The number of amides is 2. The largest absolute Gasteiger partial charge is 0.416 e. The lowest BCUT2D eigenvalue weighted by Crippen LogP contribution is -2.49. The Morgan fingerprint density at radius 3 is 2.19 bits per heavy atom. The molecule has 0 aliphatic heterocycles. The Morgan fingerprint density at radius 2 is 1.65 bits per heavy atom. The van der Waals surface area contributed by atoms with Crippen molar-refractivity contribution in [2.45, 2.75) is 58.4 Å². The average Bonchev–Trinajstić information content (AvgIpc) is 2.79. The number of carbonyl (C=O) groups excluding carboxylic acids is 2. The van der Waals surface area contributed by atoms with Crippen molar-refractivity contribution < 1.29 is 35.6 Å². The van der Waals surface area contributed by atoms with Crippen molar-refractivity contribution in [3.05, 3.63) is 65.5 Å². The van der Waals surface area contributed by atoms with Crippen LogP contribution in [0.15, 0.2) is 48.5 Å². The van der Waals surface area contributed by atoms with Crippen LogP contribution in [0, 0.1) is 5.82 Å². The predicted molar refractivity (Wildman–Crippen MR) is 133 cm³/mol. The summed E-state index contributed by atoms with van der Waals surface area (Å²) in [5, 5.41) is 2.73. The van der Waals surface area contributed by atoms with Gasteiger partial charge in [0.2, 0.25) is 21.8 Å². The van der Waals surface area contributed by atoms with E-state index in [1.165, 1.54) is 35.2 Å². The van der Waals surface area contributed by atoms with Crippen molar-refractivity contribution in [3.63, 3.8) is 0 Å². The molecule has 0 aromatic heterocycles. The highest BCUT2D eigenvalue weighted by Crippen LogP contribution is 2.32. The Kier molecular flexibility index (Phi) is 10.1. The van der Waals surface area contributed by atoms with Crippen molar-refractivity contribution in [3.8, 4) is 0 Å². The number of nitrogens with zero attached hydrogens (tertiary/aromatic N) is 2. The van der Waals surface area contributed by atoms with Crippen LogP contribution >= 0.6 is 0 Å². The molecule has 0 heterocycles. The number of anilines is 1. The molecule has 0 bridgehead atoms. The number of benzene rings is 2. The summed E-state index contributed by atoms with van der Waals surface area (Å²) in [6.45, 7) is 4.84. The monoisotopic (exact) mass is 545 g/mol. The smallest absolute Gasteiger partial charge is 0.352 e. The van der Waals surface area contributed by atoms with Gasteiger partial charge in [-0.25, -0.2) is 12.8 Å². The van der Waals surface area contributed by atoms with E-state index in [1.807, 2.05) is 0 Å². The van der Waals surface area contributed by atoms with E-state index in [1.54, 1.807) is 20.8 Å². The Balaban J connectivity index is 2.21. The molecule has 0 saturated carbocycles. The molecule has 0 fully saturated rings. The first-order valence-corrected chi connectivity index (χ1v) is 13.4. The predicted octanol–water partition coefficient (Wildman–Crippen LogP) is 4.33. The van der Waals surface area contributed by atoms with E-state index in [-0.39, 0.29) is 37.7 Å². The number of rotatable bonds is 11. The summed E-state index contributed by atoms with van der Waals surface area (Å²) in [5.74, 6) is -1.32. The molecular formula is C25H31F4N3O4S. The topological polar surface area (TPSA) is 86.8 Å². The third-order valence-electron chi connectivity index (χ3n) is 5.48. The second-order valence-electron chi connectivity index (χ2n) is 8.97. The van der Waals surface area contributed by atoms with Gasteiger partial charge in [-0.15, -0.1) is 0 Å². The lowest BCUT2D eigenvalue weighted by atomic mass is 10.1. The molecule has 1 N–H and O–H groups in total. The molecule has 0 aliphatic carbocycles. The minimum Gasteiger partial charge on any atom is -0.352 e. The van der Waals surface area contributed by atoms with E-state index >= 15 is 0 Å². The molecule has 0 spiro atoms. The van der Waals surface area contributed by atoms with Crippen LogP contribution in [0.1, 0.15) is 44.7 Å².